The molecule has 1 aliphatic heterocycles. The van der Waals surface area contributed by atoms with Crippen molar-refractivity contribution in [2.24, 2.45) is 5.92 Å². The number of rotatable bonds is 7. The normalized spacial score (nSPS) is 16.9. The molecule has 0 bridgehead atoms. The summed E-state index contributed by atoms with van der Waals surface area (Å²) in [5.74, 6) is 0.0846. The lowest BCUT2D eigenvalue weighted by atomic mass is 9.94. The van der Waals surface area contributed by atoms with Gasteiger partial charge in [0.2, 0.25) is 5.91 Å². The van der Waals surface area contributed by atoms with E-state index >= 15 is 0 Å². The average molecular weight is 449 g/mol. The minimum atomic E-state index is -3.22. The van der Waals surface area contributed by atoms with Crippen molar-refractivity contribution in [1.29, 1.82) is 0 Å². The minimum Gasteiger partial charge on any atom is -0.349 e. The molecule has 1 N–H and O–H groups in total. The maximum atomic E-state index is 12.8. The molecular formula is C23H29ClN2O3S. The first-order valence-corrected chi connectivity index (χ1v) is 12.6. The van der Waals surface area contributed by atoms with Crippen molar-refractivity contribution in [3.8, 4) is 0 Å². The van der Waals surface area contributed by atoms with Gasteiger partial charge in [-0.25, -0.2) is 8.42 Å². The van der Waals surface area contributed by atoms with Crippen LogP contribution < -0.4 is 5.32 Å². The lowest BCUT2D eigenvalue weighted by molar-refractivity contribution is -0.127. The van der Waals surface area contributed by atoms with Crippen molar-refractivity contribution < 1.29 is 13.2 Å². The highest BCUT2D eigenvalue weighted by Gasteiger charge is 2.26. The number of carbonyl (C=O) groups is 1. The van der Waals surface area contributed by atoms with Crippen LogP contribution in [0, 0.1) is 5.92 Å². The zero-order valence-corrected chi connectivity index (χ0v) is 19.0. The monoisotopic (exact) mass is 448 g/mol. The van der Waals surface area contributed by atoms with Gasteiger partial charge in [0.05, 0.1) is 10.9 Å². The molecule has 5 nitrogen and oxygen atoms in total. The summed E-state index contributed by atoms with van der Waals surface area (Å²) in [5, 5.41) is 3.91. The Morgan fingerprint density at radius 3 is 2.40 bits per heavy atom. The van der Waals surface area contributed by atoms with E-state index in [0.717, 1.165) is 49.5 Å². The summed E-state index contributed by atoms with van der Waals surface area (Å²) in [6.45, 7) is 4.62. The van der Waals surface area contributed by atoms with Gasteiger partial charge in [0, 0.05) is 23.7 Å². The summed E-state index contributed by atoms with van der Waals surface area (Å²) in [4.78, 5) is 15.5. The van der Waals surface area contributed by atoms with Crippen LogP contribution in [-0.2, 0) is 21.2 Å². The number of piperidine rings is 1. The molecule has 0 aromatic heterocycles. The molecule has 2 aromatic carbocycles. The maximum Gasteiger partial charge on any atom is 0.223 e. The molecule has 0 spiro atoms. The van der Waals surface area contributed by atoms with E-state index in [2.05, 4.69) is 16.3 Å². The fraction of sp³-hybridized carbons (Fsp3) is 0.435. The fourth-order valence-corrected chi connectivity index (χ4v) is 4.75. The molecular weight excluding hydrogens is 420 g/mol. The van der Waals surface area contributed by atoms with Gasteiger partial charge in [0.15, 0.2) is 9.84 Å². The SMILES string of the molecule is CC[C@@H](NC(=O)C1CCN(Cc2cccc(Cl)c2)CC1)c1ccc(S(C)(=O)=O)cc1. The van der Waals surface area contributed by atoms with Crippen LogP contribution in [0.3, 0.4) is 0 Å². The van der Waals surface area contributed by atoms with Crippen LogP contribution in [-0.4, -0.2) is 38.6 Å². The van der Waals surface area contributed by atoms with Crippen molar-refractivity contribution in [2.45, 2.75) is 43.7 Å². The second kappa shape index (κ2) is 9.94. The van der Waals surface area contributed by atoms with E-state index in [-0.39, 0.29) is 17.9 Å². The predicted molar refractivity (Wildman–Crippen MR) is 120 cm³/mol. The first-order chi connectivity index (χ1) is 14.3. The minimum absolute atomic E-state index is 0.00459. The summed E-state index contributed by atoms with van der Waals surface area (Å²) in [7, 11) is -3.22. The maximum absolute atomic E-state index is 12.8. The van der Waals surface area contributed by atoms with Crippen LogP contribution in [0.1, 0.15) is 43.4 Å². The number of likely N-dealkylation sites (tertiary alicyclic amines) is 1. The lowest BCUT2D eigenvalue weighted by Gasteiger charge is -2.32. The quantitative estimate of drug-likeness (QED) is 0.688. The van der Waals surface area contributed by atoms with Crippen LogP contribution >= 0.6 is 11.6 Å². The Hall–Kier alpha value is -1.89. The van der Waals surface area contributed by atoms with E-state index in [1.165, 1.54) is 11.8 Å². The molecule has 3 rings (SSSR count). The van der Waals surface area contributed by atoms with Crippen LogP contribution in [0.2, 0.25) is 5.02 Å². The smallest absolute Gasteiger partial charge is 0.223 e. The van der Waals surface area contributed by atoms with Gasteiger partial charge in [0.25, 0.3) is 0 Å². The number of benzene rings is 2. The highest BCUT2D eigenvalue weighted by Crippen LogP contribution is 2.24. The molecule has 0 saturated carbocycles. The van der Waals surface area contributed by atoms with Gasteiger partial charge in [-0.1, -0.05) is 42.8 Å². The summed E-state index contributed by atoms with van der Waals surface area (Å²) in [5.41, 5.74) is 2.12. The zero-order chi connectivity index (χ0) is 21.7. The summed E-state index contributed by atoms with van der Waals surface area (Å²) in [6.07, 6.45) is 3.60. The van der Waals surface area contributed by atoms with Gasteiger partial charge in [-0.05, 0) is 67.7 Å². The van der Waals surface area contributed by atoms with Crippen LogP contribution in [0.25, 0.3) is 0 Å². The molecule has 1 aliphatic rings. The van der Waals surface area contributed by atoms with E-state index < -0.39 is 9.84 Å². The molecule has 1 saturated heterocycles. The Morgan fingerprint density at radius 2 is 1.83 bits per heavy atom. The second-order valence-corrected chi connectivity index (χ2v) is 10.4. The topological polar surface area (TPSA) is 66.5 Å². The molecule has 1 fully saturated rings. The Balaban J connectivity index is 1.54. The van der Waals surface area contributed by atoms with Crippen molar-refractivity contribution in [1.82, 2.24) is 10.2 Å². The van der Waals surface area contributed by atoms with Gasteiger partial charge < -0.3 is 5.32 Å². The summed E-state index contributed by atoms with van der Waals surface area (Å²) >= 11 is 6.07. The summed E-state index contributed by atoms with van der Waals surface area (Å²) < 4.78 is 23.3. The molecule has 30 heavy (non-hydrogen) atoms. The highest BCUT2D eigenvalue weighted by atomic mass is 35.5. The van der Waals surface area contributed by atoms with Crippen LogP contribution in [0.5, 0.6) is 0 Å². The fourth-order valence-electron chi connectivity index (χ4n) is 3.90. The number of amides is 1. The zero-order valence-electron chi connectivity index (χ0n) is 17.5. The lowest BCUT2D eigenvalue weighted by Crippen LogP contribution is -2.41. The number of hydrogen-bond acceptors (Lipinski definition) is 4. The Morgan fingerprint density at radius 1 is 1.17 bits per heavy atom. The number of halogens is 1. The Bertz CT molecular complexity index is 968. The average Bonchev–Trinajstić information content (AvgIpc) is 2.72. The third kappa shape index (κ3) is 6.06. The van der Waals surface area contributed by atoms with E-state index in [9.17, 15) is 13.2 Å². The van der Waals surface area contributed by atoms with Gasteiger partial charge in [0.1, 0.15) is 0 Å². The number of hydrogen-bond donors (Lipinski definition) is 1. The van der Waals surface area contributed by atoms with Gasteiger partial charge in [-0.3, -0.25) is 9.69 Å². The molecule has 1 amide bonds. The highest BCUT2D eigenvalue weighted by molar-refractivity contribution is 7.90. The second-order valence-electron chi connectivity index (χ2n) is 7.99. The van der Waals surface area contributed by atoms with Crippen molar-refractivity contribution in [3.05, 3.63) is 64.7 Å². The van der Waals surface area contributed by atoms with Crippen molar-refractivity contribution >= 4 is 27.3 Å². The van der Waals surface area contributed by atoms with E-state index in [4.69, 9.17) is 11.6 Å². The molecule has 7 heteroatoms. The van der Waals surface area contributed by atoms with Crippen molar-refractivity contribution in [3.63, 3.8) is 0 Å². The van der Waals surface area contributed by atoms with E-state index in [0.29, 0.717) is 4.90 Å². The summed E-state index contributed by atoms with van der Waals surface area (Å²) in [6, 6.07) is 14.6. The predicted octanol–water partition coefficient (Wildman–Crippen LogP) is 4.22. The van der Waals surface area contributed by atoms with Crippen LogP contribution in [0.4, 0.5) is 0 Å². The third-order valence-electron chi connectivity index (χ3n) is 5.69. The largest absolute Gasteiger partial charge is 0.349 e. The van der Waals surface area contributed by atoms with Gasteiger partial charge in [-0.15, -0.1) is 0 Å². The van der Waals surface area contributed by atoms with Gasteiger partial charge in [-0.2, -0.15) is 0 Å². The first-order valence-electron chi connectivity index (χ1n) is 10.3. The van der Waals surface area contributed by atoms with E-state index in [1.807, 2.05) is 25.1 Å². The number of sulfone groups is 1. The third-order valence-corrected chi connectivity index (χ3v) is 7.05. The number of nitrogens with zero attached hydrogens (tertiary/aromatic N) is 1. The first kappa shape index (κ1) is 22.8. The van der Waals surface area contributed by atoms with Gasteiger partial charge >= 0.3 is 0 Å². The van der Waals surface area contributed by atoms with E-state index in [1.54, 1.807) is 24.3 Å². The molecule has 0 unspecified atom stereocenters. The standard InChI is InChI=1S/C23H29ClN2O3S/c1-3-22(18-7-9-21(10-8-18)30(2,28)29)25-23(27)19-11-13-26(14-12-19)16-17-5-4-6-20(24)15-17/h4-10,15,19,22H,3,11-14,16H2,1-2H3,(H,25,27)/t22-/m1/s1. The Labute approximate surface area is 184 Å². The number of carbonyl (C=O) groups excluding carboxylic acids is 1. The molecule has 0 aliphatic carbocycles. The molecule has 162 valence electrons. The molecule has 1 atom stereocenters. The number of nitrogens with one attached hydrogen (secondary N) is 1. The molecule has 0 radical (unpaired) electrons. The van der Waals surface area contributed by atoms with Crippen molar-refractivity contribution in [2.75, 3.05) is 19.3 Å². The Kier molecular flexibility index (Phi) is 7.55. The van der Waals surface area contributed by atoms with Crippen LogP contribution in [0.15, 0.2) is 53.4 Å². The molecule has 1 heterocycles. The molecule has 2 aromatic rings.